The standard InChI is InChI=1S/C12H22N2O/c13-12(15)11-7-4-8-14(11)9-10-5-2-1-3-6-10/h10-11H,1-9H2,(H2,13,15)/t11-/m1/s1. The summed E-state index contributed by atoms with van der Waals surface area (Å²) in [5, 5.41) is 0. The molecule has 3 nitrogen and oxygen atoms in total. The van der Waals surface area contributed by atoms with Gasteiger partial charge in [0.2, 0.25) is 5.91 Å². The van der Waals surface area contributed by atoms with Crippen molar-refractivity contribution < 1.29 is 4.79 Å². The number of rotatable bonds is 3. The molecular weight excluding hydrogens is 188 g/mol. The second-order valence-electron chi connectivity index (χ2n) is 5.06. The molecule has 1 aliphatic carbocycles. The quantitative estimate of drug-likeness (QED) is 0.767. The van der Waals surface area contributed by atoms with E-state index in [9.17, 15) is 4.79 Å². The molecule has 0 radical (unpaired) electrons. The van der Waals surface area contributed by atoms with Crippen molar-refractivity contribution in [2.45, 2.75) is 51.0 Å². The molecule has 0 aromatic rings. The predicted octanol–water partition coefficient (Wildman–Crippen LogP) is 1.52. The van der Waals surface area contributed by atoms with Gasteiger partial charge in [-0.1, -0.05) is 19.3 Å². The molecule has 1 saturated carbocycles. The summed E-state index contributed by atoms with van der Waals surface area (Å²) in [6, 6.07) is 0.0342. The molecule has 2 rings (SSSR count). The molecule has 1 amide bonds. The van der Waals surface area contributed by atoms with Crippen molar-refractivity contribution in [3.05, 3.63) is 0 Å². The number of likely N-dealkylation sites (tertiary alicyclic amines) is 1. The predicted molar refractivity (Wildman–Crippen MR) is 60.4 cm³/mol. The highest BCUT2D eigenvalue weighted by Crippen LogP contribution is 2.27. The highest BCUT2D eigenvalue weighted by atomic mass is 16.1. The van der Waals surface area contributed by atoms with E-state index in [1.165, 1.54) is 32.1 Å². The third-order valence-electron chi connectivity index (χ3n) is 3.91. The lowest BCUT2D eigenvalue weighted by Crippen LogP contribution is -2.42. The molecular formula is C12H22N2O. The summed E-state index contributed by atoms with van der Waals surface area (Å²) in [5.41, 5.74) is 5.41. The first kappa shape index (κ1) is 10.9. The summed E-state index contributed by atoms with van der Waals surface area (Å²) >= 11 is 0. The van der Waals surface area contributed by atoms with E-state index in [0.29, 0.717) is 0 Å². The molecule has 0 bridgehead atoms. The van der Waals surface area contributed by atoms with E-state index in [0.717, 1.165) is 31.8 Å². The molecule has 2 fully saturated rings. The van der Waals surface area contributed by atoms with E-state index in [4.69, 9.17) is 5.73 Å². The Morgan fingerprint density at radius 3 is 2.53 bits per heavy atom. The molecule has 1 saturated heterocycles. The van der Waals surface area contributed by atoms with Gasteiger partial charge in [-0.3, -0.25) is 9.69 Å². The van der Waals surface area contributed by atoms with Crippen molar-refractivity contribution in [3.8, 4) is 0 Å². The maximum absolute atomic E-state index is 11.2. The van der Waals surface area contributed by atoms with Crippen LogP contribution >= 0.6 is 0 Å². The monoisotopic (exact) mass is 210 g/mol. The van der Waals surface area contributed by atoms with Crippen molar-refractivity contribution in [1.29, 1.82) is 0 Å². The lowest BCUT2D eigenvalue weighted by molar-refractivity contribution is -0.122. The maximum atomic E-state index is 11.2. The molecule has 1 heterocycles. The number of nitrogens with zero attached hydrogens (tertiary/aromatic N) is 1. The fraction of sp³-hybridized carbons (Fsp3) is 0.917. The molecule has 15 heavy (non-hydrogen) atoms. The Bertz CT molecular complexity index is 224. The minimum absolute atomic E-state index is 0.0342. The van der Waals surface area contributed by atoms with Gasteiger partial charge in [0.1, 0.15) is 0 Å². The summed E-state index contributed by atoms with van der Waals surface area (Å²) in [6.45, 7) is 2.18. The summed E-state index contributed by atoms with van der Waals surface area (Å²) in [4.78, 5) is 13.6. The molecule has 0 aromatic carbocycles. The Balaban J connectivity index is 1.84. The van der Waals surface area contributed by atoms with Gasteiger partial charge < -0.3 is 5.73 Å². The van der Waals surface area contributed by atoms with Crippen molar-refractivity contribution in [1.82, 2.24) is 4.90 Å². The van der Waals surface area contributed by atoms with Crippen LogP contribution in [0.5, 0.6) is 0 Å². The number of hydrogen-bond acceptors (Lipinski definition) is 2. The summed E-state index contributed by atoms with van der Waals surface area (Å²) in [6.07, 6.45) is 8.96. The van der Waals surface area contributed by atoms with Gasteiger partial charge in [-0.05, 0) is 38.1 Å². The normalized spacial score (nSPS) is 29.5. The van der Waals surface area contributed by atoms with Gasteiger partial charge in [-0.15, -0.1) is 0 Å². The van der Waals surface area contributed by atoms with Gasteiger partial charge in [0.15, 0.2) is 0 Å². The zero-order valence-electron chi connectivity index (χ0n) is 9.45. The first-order valence-corrected chi connectivity index (χ1v) is 6.31. The number of carbonyl (C=O) groups excluding carboxylic acids is 1. The van der Waals surface area contributed by atoms with Gasteiger partial charge in [0.05, 0.1) is 6.04 Å². The topological polar surface area (TPSA) is 46.3 Å². The van der Waals surface area contributed by atoms with E-state index in [-0.39, 0.29) is 11.9 Å². The number of primary amides is 1. The van der Waals surface area contributed by atoms with Crippen LogP contribution in [0.4, 0.5) is 0 Å². The highest BCUT2D eigenvalue weighted by molar-refractivity contribution is 5.80. The second-order valence-corrected chi connectivity index (χ2v) is 5.06. The van der Waals surface area contributed by atoms with E-state index >= 15 is 0 Å². The summed E-state index contributed by atoms with van der Waals surface area (Å²) < 4.78 is 0. The zero-order valence-corrected chi connectivity index (χ0v) is 9.45. The number of carbonyl (C=O) groups is 1. The number of amides is 1. The molecule has 0 spiro atoms. The maximum Gasteiger partial charge on any atom is 0.234 e. The fourth-order valence-electron chi connectivity index (χ4n) is 3.07. The number of hydrogen-bond donors (Lipinski definition) is 1. The Labute approximate surface area is 92.0 Å². The van der Waals surface area contributed by atoms with E-state index < -0.39 is 0 Å². The zero-order chi connectivity index (χ0) is 10.7. The molecule has 1 atom stereocenters. The minimum atomic E-state index is -0.122. The molecule has 86 valence electrons. The minimum Gasteiger partial charge on any atom is -0.368 e. The van der Waals surface area contributed by atoms with Gasteiger partial charge >= 0.3 is 0 Å². The van der Waals surface area contributed by atoms with E-state index in [1.807, 2.05) is 0 Å². The Kier molecular flexibility index (Phi) is 3.62. The van der Waals surface area contributed by atoms with Crippen LogP contribution in [0.15, 0.2) is 0 Å². The fourth-order valence-corrected chi connectivity index (χ4v) is 3.07. The summed E-state index contributed by atoms with van der Waals surface area (Å²) in [7, 11) is 0. The first-order chi connectivity index (χ1) is 7.27. The van der Waals surface area contributed by atoms with Crippen molar-refractivity contribution >= 4 is 5.91 Å². The van der Waals surface area contributed by atoms with Crippen LogP contribution < -0.4 is 5.73 Å². The molecule has 2 N–H and O–H groups in total. The van der Waals surface area contributed by atoms with Gasteiger partial charge in [-0.25, -0.2) is 0 Å². The van der Waals surface area contributed by atoms with Crippen LogP contribution in [0.3, 0.4) is 0 Å². The second kappa shape index (κ2) is 4.97. The summed E-state index contributed by atoms with van der Waals surface area (Å²) in [5.74, 6) is 0.696. The van der Waals surface area contributed by atoms with Crippen molar-refractivity contribution in [3.63, 3.8) is 0 Å². The van der Waals surface area contributed by atoms with Crippen LogP contribution in [0.1, 0.15) is 44.9 Å². The average molecular weight is 210 g/mol. The smallest absolute Gasteiger partial charge is 0.234 e. The molecule has 0 unspecified atom stereocenters. The molecule has 2 aliphatic rings. The average Bonchev–Trinajstić information content (AvgIpc) is 2.67. The van der Waals surface area contributed by atoms with Gasteiger partial charge in [0, 0.05) is 6.54 Å². The molecule has 1 aliphatic heterocycles. The third-order valence-corrected chi connectivity index (χ3v) is 3.91. The van der Waals surface area contributed by atoms with E-state index in [2.05, 4.69) is 4.90 Å². The van der Waals surface area contributed by atoms with Gasteiger partial charge in [0.25, 0.3) is 0 Å². The highest BCUT2D eigenvalue weighted by Gasteiger charge is 2.30. The van der Waals surface area contributed by atoms with Crippen molar-refractivity contribution in [2.24, 2.45) is 11.7 Å². The first-order valence-electron chi connectivity index (χ1n) is 6.31. The van der Waals surface area contributed by atoms with Crippen LogP contribution in [0.2, 0.25) is 0 Å². The van der Waals surface area contributed by atoms with E-state index in [1.54, 1.807) is 0 Å². The van der Waals surface area contributed by atoms with Crippen LogP contribution in [-0.4, -0.2) is 29.9 Å². The van der Waals surface area contributed by atoms with Crippen molar-refractivity contribution in [2.75, 3.05) is 13.1 Å². The SMILES string of the molecule is NC(=O)[C@H]1CCCN1CC1CCCCC1. The molecule has 3 heteroatoms. The number of nitrogens with two attached hydrogens (primary N) is 1. The van der Waals surface area contributed by atoms with Gasteiger partial charge in [-0.2, -0.15) is 0 Å². The van der Waals surface area contributed by atoms with Crippen LogP contribution in [0.25, 0.3) is 0 Å². The lowest BCUT2D eigenvalue weighted by atomic mass is 9.89. The Morgan fingerprint density at radius 1 is 1.13 bits per heavy atom. The Morgan fingerprint density at radius 2 is 1.87 bits per heavy atom. The molecule has 0 aromatic heterocycles. The largest absolute Gasteiger partial charge is 0.368 e. The lowest BCUT2D eigenvalue weighted by Gasteiger charge is -2.29. The Hall–Kier alpha value is -0.570. The van der Waals surface area contributed by atoms with Crippen LogP contribution in [0, 0.1) is 5.92 Å². The third kappa shape index (κ3) is 2.71. The van der Waals surface area contributed by atoms with Crippen LogP contribution in [-0.2, 0) is 4.79 Å².